The minimum Gasteiger partial charge on any atom is -0.494 e. The molecular weight excluding hydrogens is 221 g/mol. The molecule has 0 fully saturated rings. The lowest BCUT2D eigenvalue weighted by molar-refractivity contribution is 0.385. The van der Waals surface area contributed by atoms with Crippen molar-refractivity contribution in [2.24, 2.45) is 0 Å². The lowest BCUT2D eigenvalue weighted by Gasteiger charge is -2.06. The summed E-state index contributed by atoms with van der Waals surface area (Å²) in [5.74, 6) is -0.679. The van der Waals surface area contributed by atoms with Crippen LogP contribution in [0.5, 0.6) is 5.75 Å². The van der Waals surface area contributed by atoms with E-state index in [1.807, 2.05) is 0 Å². The van der Waals surface area contributed by atoms with E-state index in [-0.39, 0.29) is 17.2 Å². The molecule has 4 nitrogen and oxygen atoms in total. The third-order valence-corrected chi connectivity index (χ3v) is 3.31. The zero-order chi connectivity index (χ0) is 11.5. The van der Waals surface area contributed by atoms with Gasteiger partial charge >= 0.3 is 0 Å². The molecule has 0 atom stereocenters. The molecule has 0 heterocycles. The lowest BCUT2D eigenvalue weighted by Crippen LogP contribution is -2.23. The predicted molar refractivity (Wildman–Crippen MR) is 53.8 cm³/mol. The van der Waals surface area contributed by atoms with E-state index in [0.717, 1.165) is 6.07 Å². The summed E-state index contributed by atoms with van der Waals surface area (Å²) in [6.07, 6.45) is 0. The van der Waals surface area contributed by atoms with Gasteiger partial charge in [-0.05, 0) is 18.2 Å². The van der Waals surface area contributed by atoms with Crippen molar-refractivity contribution < 1.29 is 17.5 Å². The van der Waals surface area contributed by atoms with Crippen molar-refractivity contribution in [3.63, 3.8) is 0 Å². The maximum Gasteiger partial charge on any atom is 0.240 e. The van der Waals surface area contributed by atoms with Gasteiger partial charge in [0.05, 0.1) is 12.0 Å². The fourth-order valence-electron chi connectivity index (χ4n) is 1.09. The van der Waals surface area contributed by atoms with Gasteiger partial charge in [-0.15, -0.1) is 0 Å². The van der Waals surface area contributed by atoms with Crippen molar-refractivity contribution in [3.8, 4) is 5.75 Å². The van der Waals surface area contributed by atoms with E-state index in [9.17, 15) is 12.8 Å². The van der Waals surface area contributed by atoms with E-state index in [2.05, 4.69) is 9.46 Å². The van der Waals surface area contributed by atoms with Crippen molar-refractivity contribution in [2.75, 3.05) is 13.7 Å². The van der Waals surface area contributed by atoms with E-state index >= 15 is 0 Å². The Bertz CT molecular complexity index is 445. The van der Waals surface area contributed by atoms with Crippen LogP contribution >= 0.6 is 0 Å². The van der Waals surface area contributed by atoms with Crippen LogP contribution in [-0.4, -0.2) is 22.1 Å². The standard InChI is InChI=1S/C9H12FNO3S/c1-3-11-15(12,13)7-4-5-9(14-2)8(10)6-7/h4-6,11H,3H2,1-2H3. The molecule has 1 aromatic rings. The summed E-state index contributed by atoms with van der Waals surface area (Å²) < 4.78 is 43.1. The summed E-state index contributed by atoms with van der Waals surface area (Å²) in [4.78, 5) is -0.109. The molecule has 0 spiro atoms. The Balaban J connectivity index is 3.13. The van der Waals surface area contributed by atoms with E-state index in [1.54, 1.807) is 6.92 Å². The van der Waals surface area contributed by atoms with Crippen LogP contribution < -0.4 is 9.46 Å². The van der Waals surface area contributed by atoms with Gasteiger partial charge in [0.25, 0.3) is 0 Å². The summed E-state index contributed by atoms with van der Waals surface area (Å²) in [5.41, 5.74) is 0. The Kier molecular flexibility index (Phi) is 3.65. The molecule has 1 N–H and O–H groups in total. The maximum absolute atomic E-state index is 13.2. The highest BCUT2D eigenvalue weighted by atomic mass is 32.2. The SMILES string of the molecule is CCNS(=O)(=O)c1ccc(OC)c(F)c1. The smallest absolute Gasteiger partial charge is 0.240 e. The van der Waals surface area contributed by atoms with Crippen LogP contribution in [0.15, 0.2) is 23.1 Å². The predicted octanol–water partition coefficient (Wildman–Crippen LogP) is 1.13. The minimum atomic E-state index is -3.60. The zero-order valence-electron chi connectivity index (χ0n) is 8.45. The minimum absolute atomic E-state index is 0.0189. The summed E-state index contributed by atoms with van der Waals surface area (Å²) in [6.45, 7) is 1.91. The molecule has 6 heteroatoms. The Hall–Kier alpha value is -1.14. The van der Waals surface area contributed by atoms with E-state index in [1.165, 1.54) is 19.2 Å². The molecular formula is C9H12FNO3S. The number of sulfonamides is 1. The molecule has 0 radical (unpaired) electrons. The van der Waals surface area contributed by atoms with Crippen molar-refractivity contribution in [3.05, 3.63) is 24.0 Å². The highest BCUT2D eigenvalue weighted by molar-refractivity contribution is 7.89. The summed E-state index contributed by atoms with van der Waals surface area (Å²) in [7, 11) is -2.29. The summed E-state index contributed by atoms with van der Waals surface area (Å²) in [5, 5.41) is 0. The first-order valence-corrected chi connectivity index (χ1v) is 5.82. The van der Waals surface area contributed by atoms with Crippen LogP contribution in [0.4, 0.5) is 4.39 Å². The second kappa shape index (κ2) is 4.59. The molecule has 1 aromatic carbocycles. The normalized spacial score (nSPS) is 11.4. The largest absolute Gasteiger partial charge is 0.494 e. The number of rotatable bonds is 4. The molecule has 1 rings (SSSR count). The highest BCUT2D eigenvalue weighted by Gasteiger charge is 2.14. The van der Waals surface area contributed by atoms with Gasteiger partial charge in [0.1, 0.15) is 0 Å². The van der Waals surface area contributed by atoms with Gasteiger partial charge < -0.3 is 4.74 Å². The molecule has 0 aliphatic carbocycles. The van der Waals surface area contributed by atoms with Gasteiger partial charge in [0.2, 0.25) is 10.0 Å². The number of nitrogens with one attached hydrogen (secondary N) is 1. The second-order valence-electron chi connectivity index (χ2n) is 2.80. The van der Waals surface area contributed by atoms with Gasteiger partial charge in [0, 0.05) is 6.54 Å². The third kappa shape index (κ3) is 2.66. The number of hydrogen-bond donors (Lipinski definition) is 1. The van der Waals surface area contributed by atoms with Gasteiger partial charge in [-0.3, -0.25) is 0 Å². The number of hydrogen-bond acceptors (Lipinski definition) is 3. The van der Waals surface area contributed by atoms with Gasteiger partial charge in [-0.25, -0.2) is 17.5 Å². The topological polar surface area (TPSA) is 55.4 Å². The van der Waals surface area contributed by atoms with Crippen LogP contribution in [0.3, 0.4) is 0 Å². The quantitative estimate of drug-likeness (QED) is 0.848. The average molecular weight is 233 g/mol. The van der Waals surface area contributed by atoms with Gasteiger partial charge in [0.15, 0.2) is 11.6 Å². The van der Waals surface area contributed by atoms with Crippen LogP contribution in [0.2, 0.25) is 0 Å². The van der Waals surface area contributed by atoms with Gasteiger partial charge in [-0.1, -0.05) is 6.92 Å². The highest BCUT2D eigenvalue weighted by Crippen LogP contribution is 2.20. The Morgan fingerprint density at radius 1 is 1.47 bits per heavy atom. The first-order valence-electron chi connectivity index (χ1n) is 4.34. The Morgan fingerprint density at radius 3 is 2.60 bits per heavy atom. The Morgan fingerprint density at radius 2 is 2.13 bits per heavy atom. The van der Waals surface area contributed by atoms with Crippen LogP contribution in [0, 0.1) is 5.82 Å². The fourth-order valence-corrected chi connectivity index (χ4v) is 2.14. The monoisotopic (exact) mass is 233 g/mol. The number of methoxy groups -OCH3 is 1. The third-order valence-electron chi connectivity index (χ3n) is 1.77. The molecule has 0 amide bonds. The summed E-state index contributed by atoms with van der Waals surface area (Å²) in [6, 6.07) is 3.50. The van der Waals surface area contributed by atoms with Crippen LogP contribution in [0.25, 0.3) is 0 Å². The molecule has 0 aromatic heterocycles. The first-order chi connectivity index (χ1) is 7.01. The molecule has 0 saturated carbocycles. The molecule has 15 heavy (non-hydrogen) atoms. The van der Waals surface area contributed by atoms with Crippen LogP contribution in [0.1, 0.15) is 6.92 Å². The number of ether oxygens (including phenoxy) is 1. The van der Waals surface area contributed by atoms with Crippen molar-refractivity contribution >= 4 is 10.0 Å². The van der Waals surface area contributed by atoms with E-state index in [0.29, 0.717) is 0 Å². The first kappa shape index (κ1) is 11.9. The number of benzene rings is 1. The molecule has 0 aliphatic heterocycles. The maximum atomic E-state index is 13.2. The van der Waals surface area contributed by atoms with E-state index in [4.69, 9.17) is 0 Å². The van der Waals surface area contributed by atoms with Crippen molar-refractivity contribution in [1.29, 1.82) is 0 Å². The fraction of sp³-hybridized carbons (Fsp3) is 0.333. The van der Waals surface area contributed by atoms with Crippen LogP contribution in [-0.2, 0) is 10.0 Å². The van der Waals surface area contributed by atoms with Gasteiger partial charge in [-0.2, -0.15) is 0 Å². The second-order valence-corrected chi connectivity index (χ2v) is 4.56. The molecule has 84 valence electrons. The lowest BCUT2D eigenvalue weighted by atomic mass is 10.3. The Labute approximate surface area is 88.1 Å². The number of halogens is 1. The molecule has 0 bridgehead atoms. The molecule has 0 unspecified atom stereocenters. The zero-order valence-corrected chi connectivity index (χ0v) is 9.27. The van der Waals surface area contributed by atoms with E-state index < -0.39 is 15.8 Å². The summed E-state index contributed by atoms with van der Waals surface area (Å²) >= 11 is 0. The van der Waals surface area contributed by atoms with Crippen molar-refractivity contribution in [2.45, 2.75) is 11.8 Å². The average Bonchev–Trinajstić information content (AvgIpc) is 2.17. The molecule has 0 aliphatic rings. The van der Waals surface area contributed by atoms with Crippen molar-refractivity contribution in [1.82, 2.24) is 4.72 Å². The molecule has 0 saturated heterocycles.